The Kier molecular flexibility index (Phi) is 6.96. The van der Waals surface area contributed by atoms with Gasteiger partial charge in [0, 0.05) is 39.3 Å². The number of aryl methyl sites for hydroxylation is 1. The molecule has 3 aromatic carbocycles. The number of carbonyl (C=O) groups excluding carboxylic acids is 3. The number of benzene rings is 3. The highest BCUT2D eigenvalue weighted by Crippen LogP contribution is 2.40. The molecule has 0 amide bonds. The number of carbonyl (C=O) groups is 3. The van der Waals surface area contributed by atoms with Gasteiger partial charge in [-0.25, -0.2) is 4.98 Å². The van der Waals surface area contributed by atoms with Crippen molar-refractivity contribution >= 4 is 45.6 Å². The number of thioether (sulfide) groups is 1. The van der Waals surface area contributed by atoms with Gasteiger partial charge in [0.05, 0.1) is 11.0 Å². The molecule has 5 nitrogen and oxygen atoms in total. The molecule has 1 aliphatic carbocycles. The van der Waals surface area contributed by atoms with Crippen molar-refractivity contribution in [3.05, 3.63) is 101 Å². The predicted octanol–water partition coefficient (Wildman–Crippen LogP) is 6.72. The molecule has 180 valence electrons. The average Bonchev–Trinajstić information content (AvgIpc) is 3.26. The maximum Gasteiger partial charge on any atom is 0.195 e. The summed E-state index contributed by atoms with van der Waals surface area (Å²) in [4.78, 5) is 43.9. The quantitative estimate of drug-likeness (QED) is 0.0984. The molecule has 36 heavy (non-hydrogen) atoms. The molecule has 0 atom stereocenters. The molecule has 6 heteroatoms. The summed E-state index contributed by atoms with van der Waals surface area (Å²) in [7, 11) is 0. The molecule has 0 saturated carbocycles. The van der Waals surface area contributed by atoms with Crippen molar-refractivity contribution < 1.29 is 14.4 Å². The number of fused-ring (bicyclic) bond motifs is 3. The van der Waals surface area contributed by atoms with Crippen LogP contribution in [0.1, 0.15) is 70.0 Å². The molecule has 1 aliphatic rings. The fourth-order valence-electron chi connectivity index (χ4n) is 4.73. The molecule has 0 unspecified atom stereocenters. The van der Waals surface area contributed by atoms with Crippen molar-refractivity contribution in [2.75, 3.05) is 0 Å². The van der Waals surface area contributed by atoms with E-state index in [2.05, 4.69) is 17.6 Å². The molecule has 1 aromatic heterocycles. The second-order valence-electron chi connectivity index (χ2n) is 8.80. The lowest BCUT2D eigenvalue weighted by Crippen LogP contribution is -2.22. The van der Waals surface area contributed by atoms with Crippen molar-refractivity contribution in [1.29, 1.82) is 0 Å². The predicted molar refractivity (Wildman–Crippen MR) is 144 cm³/mol. The summed E-state index contributed by atoms with van der Waals surface area (Å²) in [6.45, 7) is 3.00. The average molecular weight is 495 g/mol. The number of imidazole rings is 1. The maximum atomic E-state index is 13.5. The molecule has 0 spiro atoms. The Morgan fingerprint density at radius 1 is 0.861 bits per heavy atom. The number of unbranched alkanes of at least 4 members (excludes halogenated alkanes) is 3. The first-order valence-electron chi connectivity index (χ1n) is 12.2. The van der Waals surface area contributed by atoms with Crippen LogP contribution in [0.5, 0.6) is 0 Å². The summed E-state index contributed by atoms with van der Waals surface area (Å²) in [5, 5.41) is 0.758. The number of aromatic nitrogens is 2. The molecule has 1 heterocycles. The maximum absolute atomic E-state index is 13.5. The summed E-state index contributed by atoms with van der Waals surface area (Å²) in [6, 6.07) is 20.1. The zero-order valence-corrected chi connectivity index (χ0v) is 20.9. The highest BCUT2D eigenvalue weighted by Gasteiger charge is 2.32. The zero-order chi connectivity index (χ0) is 25.1. The number of hydrogen-bond acceptors (Lipinski definition) is 5. The number of para-hydroxylation sites is 2. The number of rotatable bonds is 9. The van der Waals surface area contributed by atoms with Crippen LogP contribution < -0.4 is 0 Å². The van der Waals surface area contributed by atoms with Gasteiger partial charge < -0.3 is 4.57 Å². The molecule has 0 fully saturated rings. The first kappa shape index (κ1) is 23.9. The molecular formula is C30H26N2O3S. The van der Waals surface area contributed by atoms with Gasteiger partial charge in [-0.05, 0) is 24.6 Å². The van der Waals surface area contributed by atoms with Crippen molar-refractivity contribution in [1.82, 2.24) is 9.55 Å². The lowest BCUT2D eigenvalue weighted by molar-refractivity contribution is -0.104. The number of hydrogen-bond donors (Lipinski definition) is 0. The van der Waals surface area contributed by atoms with Gasteiger partial charge in [0.15, 0.2) is 16.7 Å². The smallest absolute Gasteiger partial charge is 0.195 e. The minimum atomic E-state index is -0.207. The molecule has 0 aliphatic heterocycles. The molecule has 0 N–H and O–H groups in total. The van der Waals surface area contributed by atoms with Crippen LogP contribution in [0.25, 0.3) is 15.9 Å². The van der Waals surface area contributed by atoms with Crippen molar-refractivity contribution in [3.8, 4) is 0 Å². The number of allylic oxidation sites excluding steroid dienone is 1. The van der Waals surface area contributed by atoms with Crippen LogP contribution in [0.15, 0.2) is 78.0 Å². The summed E-state index contributed by atoms with van der Waals surface area (Å²) >= 11 is 1.36. The first-order chi connectivity index (χ1) is 17.6. The Morgan fingerprint density at radius 3 is 2.36 bits per heavy atom. The van der Waals surface area contributed by atoms with E-state index in [9.17, 15) is 14.4 Å². The van der Waals surface area contributed by atoms with E-state index in [1.54, 1.807) is 42.5 Å². The Hall–Kier alpha value is -3.77. The van der Waals surface area contributed by atoms with E-state index in [0.29, 0.717) is 32.7 Å². The molecule has 0 saturated heterocycles. The second-order valence-corrected chi connectivity index (χ2v) is 9.81. The van der Waals surface area contributed by atoms with E-state index in [0.717, 1.165) is 48.3 Å². The van der Waals surface area contributed by atoms with E-state index >= 15 is 0 Å². The summed E-state index contributed by atoms with van der Waals surface area (Å²) < 4.78 is 2.19. The molecule has 5 rings (SSSR count). The second kappa shape index (κ2) is 10.5. The third kappa shape index (κ3) is 4.33. The highest BCUT2D eigenvalue weighted by atomic mass is 32.2. The largest absolute Gasteiger partial charge is 0.319 e. The van der Waals surface area contributed by atoms with E-state index in [4.69, 9.17) is 4.98 Å². The van der Waals surface area contributed by atoms with Crippen molar-refractivity contribution in [2.45, 2.75) is 44.3 Å². The monoisotopic (exact) mass is 494 g/mol. The summed E-state index contributed by atoms with van der Waals surface area (Å²) in [5.41, 5.74) is 4.00. The number of nitrogens with zero attached hydrogens (tertiary/aromatic N) is 2. The number of ketones is 2. The van der Waals surface area contributed by atoms with Gasteiger partial charge >= 0.3 is 0 Å². The molecular weight excluding hydrogens is 468 g/mol. The number of aldehydes is 1. The van der Waals surface area contributed by atoms with Crippen LogP contribution in [-0.4, -0.2) is 27.4 Å². The molecule has 0 radical (unpaired) electrons. The van der Waals surface area contributed by atoms with E-state index in [1.165, 1.54) is 24.3 Å². The van der Waals surface area contributed by atoms with Crippen LogP contribution in [0.3, 0.4) is 0 Å². The Labute approximate surface area is 214 Å². The molecule has 4 aromatic rings. The highest BCUT2D eigenvalue weighted by molar-refractivity contribution is 8.08. The minimum absolute atomic E-state index is 0.180. The van der Waals surface area contributed by atoms with Crippen molar-refractivity contribution in [2.24, 2.45) is 0 Å². The topological polar surface area (TPSA) is 69.0 Å². The summed E-state index contributed by atoms with van der Waals surface area (Å²) in [6.07, 6.45) is 6.68. The molecule has 0 bridgehead atoms. The van der Waals surface area contributed by atoms with Gasteiger partial charge in [-0.1, -0.05) is 92.5 Å². The fourth-order valence-corrected chi connectivity index (χ4v) is 5.78. The zero-order valence-electron chi connectivity index (χ0n) is 20.1. The minimum Gasteiger partial charge on any atom is -0.319 e. The third-order valence-corrected chi connectivity index (χ3v) is 7.56. The van der Waals surface area contributed by atoms with Gasteiger partial charge in [-0.2, -0.15) is 0 Å². The van der Waals surface area contributed by atoms with Crippen LogP contribution >= 0.6 is 11.8 Å². The van der Waals surface area contributed by atoms with E-state index < -0.39 is 0 Å². The van der Waals surface area contributed by atoms with Gasteiger partial charge in [0.1, 0.15) is 6.29 Å². The van der Waals surface area contributed by atoms with E-state index in [-0.39, 0.29) is 11.6 Å². The normalized spacial score (nSPS) is 13.1. The van der Waals surface area contributed by atoms with Gasteiger partial charge in [0.2, 0.25) is 0 Å². The first-order valence-corrected chi connectivity index (χ1v) is 13.1. The Balaban J connectivity index is 1.58. The van der Waals surface area contributed by atoms with Crippen molar-refractivity contribution in [3.63, 3.8) is 0 Å². The summed E-state index contributed by atoms with van der Waals surface area (Å²) in [5.74, 6) is -0.387. The van der Waals surface area contributed by atoms with Crippen LogP contribution in [-0.2, 0) is 11.3 Å². The Bertz CT molecular complexity index is 1520. The van der Waals surface area contributed by atoms with Gasteiger partial charge in [-0.15, -0.1) is 0 Å². The van der Waals surface area contributed by atoms with Gasteiger partial charge in [-0.3, -0.25) is 14.4 Å². The SMILES string of the molecule is CCCCCCn1c(SC(=CC=O)c2cccc3c2C(=O)c2ccccc2C3=O)nc2ccccc21. The van der Waals surface area contributed by atoms with Gasteiger partial charge in [0.25, 0.3) is 0 Å². The van der Waals surface area contributed by atoms with Crippen LogP contribution in [0, 0.1) is 0 Å². The lowest BCUT2D eigenvalue weighted by atomic mass is 9.82. The van der Waals surface area contributed by atoms with Crippen LogP contribution in [0.2, 0.25) is 0 Å². The van der Waals surface area contributed by atoms with E-state index in [1.807, 2.05) is 18.2 Å². The lowest BCUT2D eigenvalue weighted by Gasteiger charge is -2.21. The van der Waals surface area contributed by atoms with Crippen LogP contribution in [0.4, 0.5) is 0 Å². The Morgan fingerprint density at radius 2 is 1.58 bits per heavy atom. The standard InChI is InChI=1S/C30H26N2O3S/c1-2-3-4-9-18-32-25-16-8-7-15-24(25)31-30(32)36-26(17-19-33)22-13-10-14-23-27(22)29(35)21-12-6-5-11-20(21)28(23)34/h5-8,10-17,19H,2-4,9,18H2,1H3. The third-order valence-electron chi connectivity index (χ3n) is 6.49. The fraction of sp³-hybridized carbons (Fsp3) is 0.200.